The number of aryl methyl sites for hydroxylation is 1. The van der Waals surface area contributed by atoms with Crippen LogP contribution in [-0.4, -0.2) is 34.5 Å². The molecule has 6 nitrogen and oxygen atoms in total. The van der Waals surface area contributed by atoms with E-state index in [2.05, 4.69) is 5.32 Å². The molecule has 0 radical (unpaired) electrons. The number of para-hydroxylation sites is 1. The van der Waals surface area contributed by atoms with Gasteiger partial charge >= 0.3 is 0 Å². The summed E-state index contributed by atoms with van der Waals surface area (Å²) in [6.07, 6.45) is 1.32. The largest absolute Gasteiger partial charge is 0.496 e. The second-order valence-corrected chi connectivity index (χ2v) is 9.46. The number of halogens is 2. The number of sulfonamides is 1. The van der Waals surface area contributed by atoms with Crippen molar-refractivity contribution in [2.45, 2.75) is 17.7 Å². The highest BCUT2D eigenvalue weighted by molar-refractivity contribution is 7.92. The standard InChI is InChI=1S/C24H24ClFN2O4S/c1-32-23-12-6-5-8-18(23)9-7-15-27-24(29)17-28(19-13-14-22(26)21(25)16-19)33(30,31)20-10-3-2-4-11-20/h2-6,8,10-14,16H,7,9,15,17H2,1H3,(H,27,29). The molecule has 0 saturated carbocycles. The molecule has 1 amide bonds. The van der Waals surface area contributed by atoms with Crippen molar-refractivity contribution in [1.29, 1.82) is 0 Å². The number of hydrogen-bond donors (Lipinski definition) is 1. The number of nitrogens with one attached hydrogen (secondary N) is 1. The van der Waals surface area contributed by atoms with Crippen LogP contribution in [0.4, 0.5) is 10.1 Å². The number of amides is 1. The van der Waals surface area contributed by atoms with Crippen LogP contribution in [0, 0.1) is 5.82 Å². The van der Waals surface area contributed by atoms with Gasteiger partial charge in [-0.05, 0) is 54.8 Å². The fourth-order valence-corrected chi connectivity index (χ4v) is 4.89. The van der Waals surface area contributed by atoms with E-state index in [9.17, 15) is 17.6 Å². The predicted octanol–water partition coefficient (Wildman–Crippen LogP) is 4.43. The van der Waals surface area contributed by atoms with E-state index < -0.39 is 28.3 Å². The molecule has 0 fully saturated rings. The Hall–Kier alpha value is -3.10. The third-order valence-corrected chi connectivity index (χ3v) is 7.02. The fourth-order valence-electron chi connectivity index (χ4n) is 3.28. The molecule has 0 bridgehead atoms. The maximum absolute atomic E-state index is 13.7. The Bertz CT molecular complexity index is 1210. The van der Waals surface area contributed by atoms with Gasteiger partial charge in [-0.1, -0.05) is 48.0 Å². The van der Waals surface area contributed by atoms with Crippen LogP contribution in [-0.2, 0) is 21.2 Å². The molecule has 1 N–H and O–H groups in total. The Morgan fingerprint density at radius 1 is 1.06 bits per heavy atom. The summed E-state index contributed by atoms with van der Waals surface area (Å²) in [6.45, 7) is -0.131. The molecule has 0 saturated heterocycles. The number of carbonyl (C=O) groups is 1. The summed E-state index contributed by atoms with van der Waals surface area (Å²) in [4.78, 5) is 12.7. The van der Waals surface area contributed by atoms with Gasteiger partial charge in [-0.15, -0.1) is 0 Å². The van der Waals surface area contributed by atoms with Gasteiger partial charge in [0.25, 0.3) is 10.0 Å². The highest BCUT2D eigenvalue weighted by atomic mass is 35.5. The molecule has 0 atom stereocenters. The molecule has 3 rings (SSSR count). The first-order valence-electron chi connectivity index (χ1n) is 10.2. The number of benzene rings is 3. The minimum Gasteiger partial charge on any atom is -0.496 e. The topological polar surface area (TPSA) is 75.7 Å². The van der Waals surface area contributed by atoms with Gasteiger partial charge in [0.1, 0.15) is 18.1 Å². The van der Waals surface area contributed by atoms with Crippen LogP contribution in [0.2, 0.25) is 5.02 Å². The second-order valence-electron chi connectivity index (χ2n) is 7.19. The monoisotopic (exact) mass is 490 g/mol. The molecule has 0 aromatic heterocycles. The minimum absolute atomic E-state index is 0.00872. The molecule has 0 unspecified atom stereocenters. The molecule has 3 aromatic rings. The second kappa shape index (κ2) is 11.2. The van der Waals surface area contributed by atoms with Crippen LogP contribution < -0.4 is 14.4 Å². The van der Waals surface area contributed by atoms with Crippen LogP contribution in [0.25, 0.3) is 0 Å². The lowest BCUT2D eigenvalue weighted by atomic mass is 10.1. The number of carbonyl (C=O) groups excluding carboxylic acids is 1. The Labute approximate surface area is 198 Å². The summed E-state index contributed by atoms with van der Waals surface area (Å²) < 4.78 is 46.4. The van der Waals surface area contributed by atoms with Crippen molar-refractivity contribution in [1.82, 2.24) is 5.32 Å². The third-order valence-electron chi connectivity index (χ3n) is 4.95. The highest BCUT2D eigenvalue weighted by Gasteiger charge is 2.27. The fraction of sp³-hybridized carbons (Fsp3) is 0.208. The summed E-state index contributed by atoms with van der Waals surface area (Å²) >= 11 is 5.87. The summed E-state index contributed by atoms with van der Waals surface area (Å²) in [6, 6.07) is 18.9. The lowest BCUT2D eigenvalue weighted by molar-refractivity contribution is -0.119. The van der Waals surface area contributed by atoms with Crippen molar-refractivity contribution >= 4 is 33.2 Å². The molecular formula is C24H24ClFN2O4S. The Morgan fingerprint density at radius 3 is 2.45 bits per heavy atom. The van der Waals surface area contributed by atoms with E-state index in [1.165, 1.54) is 24.3 Å². The zero-order valence-corrected chi connectivity index (χ0v) is 19.6. The molecule has 0 aliphatic heterocycles. The zero-order chi connectivity index (χ0) is 23.8. The van der Waals surface area contributed by atoms with E-state index in [0.717, 1.165) is 21.7 Å². The molecular weight excluding hydrogens is 467 g/mol. The zero-order valence-electron chi connectivity index (χ0n) is 18.0. The first kappa shape index (κ1) is 24.5. The quantitative estimate of drug-likeness (QED) is 0.426. The Morgan fingerprint density at radius 2 is 1.76 bits per heavy atom. The average Bonchev–Trinajstić information content (AvgIpc) is 2.83. The normalized spacial score (nSPS) is 11.1. The SMILES string of the molecule is COc1ccccc1CCCNC(=O)CN(c1ccc(F)c(Cl)c1)S(=O)(=O)c1ccccc1. The number of hydrogen-bond acceptors (Lipinski definition) is 4. The lowest BCUT2D eigenvalue weighted by Gasteiger charge is -2.24. The van der Waals surface area contributed by atoms with Crippen molar-refractivity contribution in [3.8, 4) is 5.75 Å². The van der Waals surface area contributed by atoms with Crippen LogP contribution in [0.15, 0.2) is 77.7 Å². The molecule has 174 valence electrons. The first-order chi connectivity index (χ1) is 15.8. The van der Waals surface area contributed by atoms with Crippen LogP contribution in [0.5, 0.6) is 5.75 Å². The van der Waals surface area contributed by atoms with Gasteiger partial charge in [0.2, 0.25) is 5.91 Å². The number of nitrogens with zero attached hydrogens (tertiary/aromatic N) is 1. The van der Waals surface area contributed by atoms with Crippen LogP contribution in [0.3, 0.4) is 0 Å². The Kier molecular flexibility index (Phi) is 8.30. The number of rotatable bonds is 10. The number of anilines is 1. The highest BCUT2D eigenvalue weighted by Crippen LogP contribution is 2.27. The van der Waals surface area contributed by atoms with Gasteiger partial charge in [0, 0.05) is 6.54 Å². The van der Waals surface area contributed by atoms with Gasteiger partial charge in [0.15, 0.2) is 0 Å². The van der Waals surface area contributed by atoms with E-state index in [4.69, 9.17) is 16.3 Å². The van der Waals surface area contributed by atoms with Crippen molar-refractivity contribution in [2.24, 2.45) is 0 Å². The molecule has 0 aliphatic carbocycles. The first-order valence-corrected chi connectivity index (χ1v) is 12.1. The van der Waals surface area contributed by atoms with Gasteiger partial charge in [-0.3, -0.25) is 9.10 Å². The van der Waals surface area contributed by atoms with E-state index in [0.29, 0.717) is 19.4 Å². The summed E-state index contributed by atoms with van der Waals surface area (Å²) in [5.74, 6) is -0.398. The van der Waals surface area contributed by atoms with Crippen molar-refractivity contribution in [3.05, 3.63) is 89.2 Å². The molecule has 9 heteroatoms. The molecule has 0 aliphatic rings. The van der Waals surface area contributed by atoms with E-state index in [1.54, 1.807) is 25.3 Å². The maximum atomic E-state index is 13.7. The Balaban J connectivity index is 1.72. The molecule has 0 spiro atoms. The number of ether oxygens (including phenoxy) is 1. The van der Waals surface area contributed by atoms with Gasteiger partial charge < -0.3 is 10.1 Å². The van der Waals surface area contributed by atoms with Gasteiger partial charge in [0.05, 0.1) is 22.7 Å². The van der Waals surface area contributed by atoms with Crippen LogP contribution in [0.1, 0.15) is 12.0 Å². The van der Waals surface area contributed by atoms with Crippen molar-refractivity contribution < 1.29 is 22.3 Å². The molecule has 3 aromatic carbocycles. The molecule has 33 heavy (non-hydrogen) atoms. The van der Waals surface area contributed by atoms with Crippen molar-refractivity contribution in [2.75, 3.05) is 24.5 Å². The van der Waals surface area contributed by atoms with E-state index in [1.807, 2.05) is 24.3 Å². The lowest BCUT2D eigenvalue weighted by Crippen LogP contribution is -2.41. The van der Waals surface area contributed by atoms with Gasteiger partial charge in [-0.2, -0.15) is 0 Å². The van der Waals surface area contributed by atoms with E-state index >= 15 is 0 Å². The predicted molar refractivity (Wildman–Crippen MR) is 127 cm³/mol. The number of methoxy groups -OCH3 is 1. The summed E-state index contributed by atoms with van der Waals surface area (Å²) in [7, 11) is -2.49. The average molecular weight is 491 g/mol. The van der Waals surface area contributed by atoms with Gasteiger partial charge in [-0.25, -0.2) is 12.8 Å². The molecule has 0 heterocycles. The third kappa shape index (κ3) is 6.24. The maximum Gasteiger partial charge on any atom is 0.264 e. The van der Waals surface area contributed by atoms with Crippen molar-refractivity contribution in [3.63, 3.8) is 0 Å². The van der Waals surface area contributed by atoms with Crippen LogP contribution >= 0.6 is 11.6 Å². The van der Waals surface area contributed by atoms with E-state index in [-0.39, 0.29) is 15.6 Å². The smallest absolute Gasteiger partial charge is 0.264 e. The summed E-state index contributed by atoms with van der Waals surface area (Å²) in [5.41, 5.74) is 1.11. The summed E-state index contributed by atoms with van der Waals surface area (Å²) in [5, 5.41) is 2.51. The minimum atomic E-state index is -4.09.